The maximum Gasteiger partial charge on any atom is 0.325 e. The molecule has 0 saturated carbocycles. The lowest BCUT2D eigenvalue weighted by atomic mass is 10.1. The number of methoxy groups -OCH3 is 1. The number of hydrogen-bond acceptors (Lipinski definition) is 5. The highest BCUT2D eigenvalue weighted by Gasteiger charge is 2.20. The summed E-state index contributed by atoms with van der Waals surface area (Å²) in [7, 11) is 1.31. The minimum absolute atomic E-state index is 0.118. The van der Waals surface area contributed by atoms with Gasteiger partial charge in [0.15, 0.2) is 12.2 Å². The summed E-state index contributed by atoms with van der Waals surface area (Å²) in [5, 5.41) is 0. The fourth-order valence-corrected chi connectivity index (χ4v) is 2.73. The molecule has 1 heterocycles. The molecule has 0 N–H and O–H groups in total. The zero-order valence-electron chi connectivity index (χ0n) is 15.2. The average Bonchev–Trinajstić information content (AvgIpc) is 3.23. The van der Waals surface area contributed by atoms with Crippen molar-refractivity contribution in [2.45, 2.75) is 13.5 Å². The highest BCUT2D eigenvalue weighted by atomic mass is 16.5. The predicted octanol–water partition coefficient (Wildman–Crippen LogP) is 3.47. The number of carbonyl (C=O) groups is 2. The number of rotatable bonds is 6. The number of amides is 1. The Bertz CT molecular complexity index is 918. The summed E-state index contributed by atoms with van der Waals surface area (Å²) < 4.78 is 10.0. The van der Waals surface area contributed by atoms with Crippen molar-refractivity contribution in [1.82, 2.24) is 9.88 Å². The van der Waals surface area contributed by atoms with Crippen molar-refractivity contribution in [3.8, 4) is 11.3 Å². The predicted molar refractivity (Wildman–Crippen MR) is 99.9 cm³/mol. The molecule has 0 bridgehead atoms. The average molecular weight is 364 g/mol. The maximum absolute atomic E-state index is 13.0. The maximum atomic E-state index is 13.0. The van der Waals surface area contributed by atoms with E-state index in [1.54, 1.807) is 30.5 Å². The number of aryl methyl sites for hydroxylation is 1. The van der Waals surface area contributed by atoms with Crippen LogP contribution in [0.4, 0.5) is 0 Å². The molecule has 3 rings (SSSR count). The highest BCUT2D eigenvalue weighted by molar-refractivity contribution is 5.96. The first kappa shape index (κ1) is 18.4. The molecule has 0 saturated heterocycles. The van der Waals surface area contributed by atoms with Crippen LogP contribution in [0.15, 0.2) is 65.5 Å². The smallest absolute Gasteiger partial charge is 0.325 e. The molecular formula is C21H20N2O4. The Hall–Kier alpha value is -3.41. The minimum atomic E-state index is -0.463. The molecule has 0 aliphatic heterocycles. The van der Waals surface area contributed by atoms with Crippen LogP contribution in [0, 0.1) is 6.92 Å². The molecule has 0 atom stereocenters. The lowest BCUT2D eigenvalue weighted by Gasteiger charge is -2.22. The SMILES string of the molecule is COC(=O)CN(Cc1ccccc1C)C(=O)c1ccc(-c2cnco2)cc1. The molecule has 1 aromatic heterocycles. The first-order valence-electron chi connectivity index (χ1n) is 8.48. The third kappa shape index (κ3) is 4.41. The molecule has 0 aliphatic rings. The van der Waals surface area contributed by atoms with Crippen LogP contribution in [0.1, 0.15) is 21.5 Å². The van der Waals surface area contributed by atoms with Crippen LogP contribution in [0.3, 0.4) is 0 Å². The highest BCUT2D eigenvalue weighted by Crippen LogP contribution is 2.20. The first-order valence-corrected chi connectivity index (χ1v) is 8.48. The van der Waals surface area contributed by atoms with Gasteiger partial charge in [-0.15, -0.1) is 0 Å². The van der Waals surface area contributed by atoms with Crippen molar-refractivity contribution in [1.29, 1.82) is 0 Å². The Morgan fingerprint density at radius 3 is 2.48 bits per heavy atom. The molecule has 3 aromatic rings. The molecule has 138 valence electrons. The van der Waals surface area contributed by atoms with Crippen LogP contribution >= 0.6 is 0 Å². The summed E-state index contributed by atoms with van der Waals surface area (Å²) in [5.41, 5.74) is 3.34. The van der Waals surface area contributed by atoms with E-state index in [2.05, 4.69) is 4.98 Å². The van der Waals surface area contributed by atoms with Gasteiger partial charge in [0.1, 0.15) is 6.54 Å². The molecule has 6 heteroatoms. The van der Waals surface area contributed by atoms with Crippen molar-refractivity contribution >= 4 is 11.9 Å². The number of hydrogen-bond donors (Lipinski definition) is 0. The summed E-state index contributed by atoms with van der Waals surface area (Å²) in [5.74, 6) is -0.0803. The summed E-state index contributed by atoms with van der Waals surface area (Å²) >= 11 is 0. The van der Waals surface area contributed by atoms with E-state index >= 15 is 0 Å². The van der Waals surface area contributed by atoms with E-state index in [0.717, 1.165) is 16.7 Å². The fraction of sp³-hybridized carbons (Fsp3) is 0.190. The van der Waals surface area contributed by atoms with Crippen LogP contribution in [0.25, 0.3) is 11.3 Å². The van der Waals surface area contributed by atoms with Gasteiger partial charge in [-0.25, -0.2) is 4.98 Å². The molecular weight excluding hydrogens is 344 g/mol. The van der Waals surface area contributed by atoms with Crippen LogP contribution in [0.2, 0.25) is 0 Å². The largest absolute Gasteiger partial charge is 0.468 e. The molecule has 1 amide bonds. The minimum Gasteiger partial charge on any atom is -0.468 e. The van der Waals surface area contributed by atoms with E-state index in [4.69, 9.17) is 9.15 Å². The van der Waals surface area contributed by atoms with Gasteiger partial charge in [-0.2, -0.15) is 0 Å². The third-order valence-electron chi connectivity index (χ3n) is 4.31. The first-order chi connectivity index (χ1) is 13.1. The number of esters is 1. The Balaban J connectivity index is 1.83. The lowest BCUT2D eigenvalue weighted by molar-refractivity contribution is -0.141. The summed E-state index contributed by atoms with van der Waals surface area (Å²) in [6.45, 7) is 2.18. The molecule has 2 aromatic carbocycles. The second kappa shape index (κ2) is 8.31. The van der Waals surface area contributed by atoms with E-state index in [0.29, 0.717) is 17.9 Å². The van der Waals surface area contributed by atoms with Crippen molar-refractivity contribution in [3.63, 3.8) is 0 Å². The third-order valence-corrected chi connectivity index (χ3v) is 4.31. The monoisotopic (exact) mass is 364 g/mol. The Labute approximate surface area is 157 Å². The number of aromatic nitrogens is 1. The van der Waals surface area contributed by atoms with E-state index in [-0.39, 0.29) is 12.5 Å². The number of nitrogens with zero attached hydrogens (tertiary/aromatic N) is 2. The van der Waals surface area contributed by atoms with E-state index < -0.39 is 5.97 Å². The quantitative estimate of drug-likeness (QED) is 0.626. The van der Waals surface area contributed by atoms with Crippen LogP contribution in [-0.4, -0.2) is 35.4 Å². The Morgan fingerprint density at radius 1 is 1.11 bits per heavy atom. The molecule has 0 spiro atoms. The van der Waals surface area contributed by atoms with Gasteiger partial charge in [0.05, 0.1) is 13.3 Å². The molecule has 0 radical (unpaired) electrons. The topological polar surface area (TPSA) is 72.6 Å². The van der Waals surface area contributed by atoms with Gasteiger partial charge in [0.2, 0.25) is 0 Å². The Morgan fingerprint density at radius 2 is 1.85 bits per heavy atom. The van der Waals surface area contributed by atoms with Crippen LogP contribution in [-0.2, 0) is 16.1 Å². The van der Waals surface area contributed by atoms with E-state index in [1.165, 1.54) is 18.4 Å². The number of benzene rings is 2. The summed E-state index contributed by atoms with van der Waals surface area (Å²) in [4.78, 5) is 30.2. The standard InChI is InChI=1S/C21H20N2O4/c1-15-5-3-4-6-18(15)12-23(13-20(24)26-2)21(25)17-9-7-16(8-10-17)19-11-22-14-27-19/h3-11,14H,12-13H2,1-2H3. The number of carbonyl (C=O) groups excluding carboxylic acids is 2. The summed E-state index contributed by atoms with van der Waals surface area (Å²) in [6.07, 6.45) is 2.97. The van der Waals surface area contributed by atoms with Gasteiger partial charge >= 0.3 is 5.97 Å². The van der Waals surface area contributed by atoms with Crippen molar-refractivity contribution in [2.75, 3.05) is 13.7 Å². The van der Waals surface area contributed by atoms with Gasteiger partial charge in [0, 0.05) is 17.7 Å². The lowest BCUT2D eigenvalue weighted by Crippen LogP contribution is -2.36. The van der Waals surface area contributed by atoms with Crippen LogP contribution in [0.5, 0.6) is 0 Å². The van der Waals surface area contributed by atoms with Gasteiger partial charge in [-0.05, 0) is 30.2 Å². The summed E-state index contributed by atoms with van der Waals surface area (Å²) in [6, 6.07) is 14.8. The molecule has 0 fully saturated rings. The normalized spacial score (nSPS) is 10.4. The Kier molecular flexibility index (Phi) is 5.66. The van der Waals surface area contributed by atoms with Crippen molar-refractivity contribution < 1.29 is 18.7 Å². The van der Waals surface area contributed by atoms with Crippen LogP contribution < -0.4 is 0 Å². The number of oxazole rings is 1. The zero-order chi connectivity index (χ0) is 19.2. The van der Waals surface area contributed by atoms with Crippen molar-refractivity contribution in [3.05, 3.63) is 77.8 Å². The van der Waals surface area contributed by atoms with Gasteiger partial charge < -0.3 is 14.1 Å². The van der Waals surface area contributed by atoms with Crippen molar-refractivity contribution in [2.24, 2.45) is 0 Å². The fourth-order valence-electron chi connectivity index (χ4n) is 2.73. The molecule has 0 unspecified atom stereocenters. The van der Waals surface area contributed by atoms with Gasteiger partial charge in [-0.1, -0.05) is 36.4 Å². The second-order valence-corrected chi connectivity index (χ2v) is 6.11. The zero-order valence-corrected chi connectivity index (χ0v) is 15.2. The van der Waals surface area contributed by atoms with E-state index in [9.17, 15) is 9.59 Å². The number of ether oxygens (including phenoxy) is 1. The molecule has 27 heavy (non-hydrogen) atoms. The van der Waals surface area contributed by atoms with Gasteiger partial charge in [0.25, 0.3) is 5.91 Å². The molecule has 0 aliphatic carbocycles. The molecule has 6 nitrogen and oxygen atoms in total. The second-order valence-electron chi connectivity index (χ2n) is 6.11. The van der Waals surface area contributed by atoms with Gasteiger partial charge in [-0.3, -0.25) is 9.59 Å². The van der Waals surface area contributed by atoms with E-state index in [1.807, 2.05) is 31.2 Å².